The van der Waals surface area contributed by atoms with Crippen molar-refractivity contribution < 1.29 is 40.1 Å². The van der Waals surface area contributed by atoms with E-state index in [1.165, 1.54) is 0 Å². The first kappa shape index (κ1) is 40.7. The summed E-state index contributed by atoms with van der Waals surface area (Å²) in [7, 11) is 0. The first-order valence-corrected chi connectivity index (χ1v) is 38.4. The Hall–Kier alpha value is 0.674. The number of hydrogen-bond acceptors (Lipinski definition) is 0. The van der Waals surface area contributed by atoms with E-state index >= 15 is 0 Å². The van der Waals surface area contributed by atoms with Crippen LogP contribution in [-0.2, 0) is 40.1 Å². The monoisotopic (exact) mass is 976 g/mol. The van der Waals surface area contributed by atoms with Gasteiger partial charge >= 0.3 is 266 Å². The molecule has 0 saturated carbocycles. The van der Waals surface area contributed by atoms with E-state index < -0.39 is 40.1 Å². The molecule has 0 fully saturated rings. The fraction of sp³-hybridized carbons (Fsp3) is 0.556. The van der Waals surface area contributed by atoms with E-state index in [1.807, 2.05) is 13.3 Å². The SMILES string of the molecule is CC1=CC(C)[C]([Hf]([C]2=C(C)C(C)=CC2C)=[Si](C)C)=C1C.CC1=CC(C)[C]([Hf]([C]2=C(C)C(C)=CC2C)=[Si](C)C)=C1C.Cl.Cl. The molecule has 4 atom stereocenters. The number of hydrogen-bond donors (Lipinski definition) is 0. The maximum Gasteiger partial charge on any atom is -0.147 e. The van der Waals surface area contributed by atoms with Crippen LogP contribution < -0.4 is 0 Å². The third kappa shape index (κ3) is 8.14. The van der Waals surface area contributed by atoms with Crippen molar-refractivity contribution in [2.24, 2.45) is 23.7 Å². The van der Waals surface area contributed by atoms with E-state index in [9.17, 15) is 0 Å². The van der Waals surface area contributed by atoms with Crippen molar-refractivity contribution in [3.63, 3.8) is 0 Å². The Morgan fingerprint density at radius 3 is 0.667 bits per heavy atom. The predicted octanol–water partition coefficient (Wildman–Crippen LogP) is 12.0. The number of halogens is 2. The number of rotatable bonds is 4. The molecule has 0 bridgehead atoms. The molecular weight excluding hydrogens is 916 g/mol. The van der Waals surface area contributed by atoms with Crippen LogP contribution in [0.5, 0.6) is 0 Å². The second-order valence-electron chi connectivity index (χ2n) is 13.5. The molecular formula is C36H58Cl2Hf2Si2. The van der Waals surface area contributed by atoms with E-state index in [2.05, 4.69) is 134 Å². The minimum absolute atomic E-state index is 0. The zero-order chi connectivity index (χ0) is 30.4. The summed E-state index contributed by atoms with van der Waals surface area (Å²) in [6, 6.07) is 0. The van der Waals surface area contributed by atoms with E-state index in [0.717, 1.165) is 0 Å². The molecule has 6 heteroatoms. The van der Waals surface area contributed by atoms with Gasteiger partial charge in [0.25, 0.3) is 0 Å². The van der Waals surface area contributed by atoms with Crippen molar-refractivity contribution in [2.45, 2.75) is 109 Å². The molecule has 4 aliphatic carbocycles. The second kappa shape index (κ2) is 16.5. The van der Waals surface area contributed by atoms with Gasteiger partial charge in [0, 0.05) is 0 Å². The Balaban J connectivity index is 0.000000401. The van der Waals surface area contributed by atoms with Crippen LogP contribution in [-0.4, -0.2) is 11.0 Å². The quantitative estimate of drug-likeness (QED) is 0.246. The Morgan fingerprint density at radius 2 is 0.571 bits per heavy atom. The first-order chi connectivity index (χ1) is 18.5. The summed E-state index contributed by atoms with van der Waals surface area (Å²) in [5, 5.41) is 0. The van der Waals surface area contributed by atoms with Gasteiger partial charge in [0.15, 0.2) is 0 Å². The molecule has 0 amide bonds. The van der Waals surface area contributed by atoms with Crippen LogP contribution in [0.2, 0.25) is 26.2 Å². The van der Waals surface area contributed by atoms with Crippen molar-refractivity contribution in [3.05, 3.63) is 82.2 Å². The van der Waals surface area contributed by atoms with Crippen LogP contribution in [0, 0.1) is 23.7 Å². The molecule has 0 aromatic rings. The minimum Gasteiger partial charge on any atom is -0.147 e. The summed E-state index contributed by atoms with van der Waals surface area (Å²) < 4.78 is 7.71. The molecule has 0 saturated heterocycles. The molecule has 232 valence electrons. The van der Waals surface area contributed by atoms with Gasteiger partial charge in [0.2, 0.25) is 0 Å². The van der Waals surface area contributed by atoms with Crippen LogP contribution in [0.25, 0.3) is 0 Å². The molecule has 4 unspecified atom stereocenters. The largest absolute Gasteiger partial charge is 0.147 e. The van der Waals surface area contributed by atoms with Crippen molar-refractivity contribution >= 4 is 35.8 Å². The van der Waals surface area contributed by atoms with E-state index in [4.69, 9.17) is 0 Å². The van der Waals surface area contributed by atoms with Crippen molar-refractivity contribution in [3.8, 4) is 0 Å². The molecule has 0 nitrogen and oxygen atoms in total. The van der Waals surface area contributed by atoms with Crippen molar-refractivity contribution in [1.82, 2.24) is 0 Å². The van der Waals surface area contributed by atoms with Gasteiger partial charge in [-0.1, -0.05) is 0 Å². The molecule has 4 rings (SSSR count). The standard InChI is InChI=1S/4C8H11.2C2H6Si.2ClH.2Hf/c4*1-6-4-7(2)8(3)5-6;2*1-3-2;;;;/h4*4,6H,1-3H3;2*1-2H3;2*1H;;. The maximum absolute atomic E-state index is 2.58. The molecule has 42 heavy (non-hydrogen) atoms. The van der Waals surface area contributed by atoms with Crippen molar-refractivity contribution in [2.75, 3.05) is 0 Å². The van der Waals surface area contributed by atoms with Gasteiger partial charge in [0.05, 0.1) is 0 Å². The van der Waals surface area contributed by atoms with Gasteiger partial charge < -0.3 is 0 Å². The third-order valence-electron chi connectivity index (χ3n) is 9.88. The van der Waals surface area contributed by atoms with Gasteiger partial charge in [-0.15, -0.1) is 24.8 Å². The summed E-state index contributed by atoms with van der Waals surface area (Å²) in [6.07, 6.45) is 10.0. The molecule has 0 aromatic carbocycles. The van der Waals surface area contributed by atoms with Gasteiger partial charge in [-0.05, 0) is 0 Å². The summed E-state index contributed by atoms with van der Waals surface area (Å²) >= 11 is -3.70. The summed E-state index contributed by atoms with van der Waals surface area (Å²) in [5.41, 5.74) is 12.4. The van der Waals surface area contributed by atoms with Crippen LogP contribution in [0.1, 0.15) is 83.1 Å². The normalized spacial score (nSPS) is 25.0. The molecule has 0 heterocycles. The zero-order valence-electron chi connectivity index (χ0n) is 29.4. The van der Waals surface area contributed by atoms with Crippen LogP contribution in [0.3, 0.4) is 0 Å². The van der Waals surface area contributed by atoms with E-state index in [1.54, 1.807) is 44.6 Å². The molecule has 0 radical (unpaired) electrons. The average Bonchev–Trinajstić information content (AvgIpc) is 3.44. The third-order valence-corrected chi connectivity index (χ3v) is 61.9. The minimum atomic E-state index is -1.85. The van der Waals surface area contributed by atoms with Gasteiger partial charge in [-0.2, -0.15) is 0 Å². The van der Waals surface area contributed by atoms with E-state index in [-0.39, 0.29) is 35.8 Å². The molecule has 0 aliphatic heterocycles. The number of allylic oxidation sites excluding steroid dienone is 16. The molecule has 4 aliphatic rings. The smallest absolute Gasteiger partial charge is 0.147 e. The Labute approximate surface area is 288 Å². The Morgan fingerprint density at radius 1 is 0.405 bits per heavy atom. The van der Waals surface area contributed by atoms with E-state index in [0.29, 0.717) is 23.7 Å². The van der Waals surface area contributed by atoms with Gasteiger partial charge in [-0.25, -0.2) is 0 Å². The van der Waals surface area contributed by atoms with Crippen LogP contribution in [0.4, 0.5) is 0 Å². The first-order valence-electron chi connectivity index (χ1n) is 15.5. The predicted molar refractivity (Wildman–Crippen MR) is 192 cm³/mol. The molecule has 0 aromatic heterocycles. The second-order valence-corrected chi connectivity index (χ2v) is 60.3. The summed E-state index contributed by atoms with van der Waals surface area (Å²) in [4.78, 5) is 0. The molecule has 0 N–H and O–H groups in total. The van der Waals surface area contributed by atoms with Crippen molar-refractivity contribution in [1.29, 1.82) is 0 Å². The fourth-order valence-corrected chi connectivity index (χ4v) is 64.6. The topological polar surface area (TPSA) is 0 Å². The van der Waals surface area contributed by atoms with Crippen LogP contribution in [0.15, 0.2) is 82.2 Å². The van der Waals surface area contributed by atoms with Gasteiger partial charge in [0.1, 0.15) is 0 Å². The zero-order valence-corrected chi connectivity index (χ0v) is 40.3. The maximum atomic E-state index is 2.58. The van der Waals surface area contributed by atoms with Crippen LogP contribution >= 0.6 is 24.8 Å². The summed E-state index contributed by atoms with van der Waals surface area (Å²) in [6.45, 7) is 38.8. The van der Waals surface area contributed by atoms with Gasteiger partial charge in [-0.3, -0.25) is 0 Å². The Bertz CT molecular complexity index is 1240. The molecule has 0 spiro atoms. The fourth-order valence-electron chi connectivity index (χ4n) is 7.58. The Kier molecular flexibility index (Phi) is 16.0. The average molecular weight is 975 g/mol. The summed E-state index contributed by atoms with van der Waals surface area (Å²) in [5.74, 6) is 2.85.